The first-order valence-corrected chi connectivity index (χ1v) is 9.77. The molecule has 0 bridgehead atoms. The van der Waals surface area contributed by atoms with Crippen molar-refractivity contribution in [2.45, 2.75) is 32.7 Å². The Kier molecular flexibility index (Phi) is 7.30. The van der Waals surface area contributed by atoms with E-state index in [0.717, 1.165) is 29.5 Å². The molecule has 0 atom stereocenters. The number of benzene rings is 2. The number of rotatable bonds is 10. The SMILES string of the molecule is CCC/C(=C/c1nnc(-c2ccc(CNCCC(=O)O)cc2)o1)c1ccccc1. The number of aliphatic carboxylic acids is 1. The van der Waals surface area contributed by atoms with Gasteiger partial charge in [0, 0.05) is 24.7 Å². The molecule has 6 nitrogen and oxygen atoms in total. The van der Waals surface area contributed by atoms with E-state index in [-0.39, 0.29) is 6.42 Å². The number of hydrogen-bond donors (Lipinski definition) is 2. The fraction of sp³-hybridized carbons (Fsp3) is 0.261. The van der Waals surface area contributed by atoms with Crippen molar-refractivity contribution in [3.05, 3.63) is 71.6 Å². The molecule has 0 radical (unpaired) electrons. The van der Waals surface area contributed by atoms with Crippen molar-refractivity contribution in [3.8, 4) is 11.5 Å². The summed E-state index contributed by atoms with van der Waals surface area (Å²) in [5.41, 5.74) is 4.25. The van der Waals surface area contributed by atoms with E-state index in [1.165, 1.54) is 5.57 Å². The number of carboxylic acids is 1. The molecule has 1 aromatic heterocycles. The molecule has 0 aliphatic rings. The van der Waals surface area contributed by atoms with Gasteiger partial charge >= 0.3 is 5.97 Å². The van der Waals surface area contributed by atoms with Crippen molar-refractivity contribution in [2.24, 2.45) is 0 Å². The summed E-state index contributed by atoms with van der Waals surface area (Å²) < 4.78 is 5.85. The van der Waals surface area contributed by atoms with Crippen LogP contribution in [0, 0.1) is 0 Å². The Morgan fingerprint density at radius 2 is 1.83 bits per heavy atom. The lowest BCUT2D eigenvalue weighted by molar-refractivity contribution is -0.136. The fourth-order valence-corrected chi connectivity index (χ4v) is 2.97. The highest BCUT2D eigenvalue weighted by molar-refractivity contribution is 5.79. The smallest absolute Gasteiger partial charge is 0.304 e. The second-order valence-electron chi connectivity index (χ2n) is 6.75. The highest BCUT2D eigenvalue weighted by Gasteiger charge is 2.09. The second kappa shape index (κ2) is 10.3. The zero-order chi connectivity index (χ0) is 20.5. The van der Waals surface area contributed by atoms with Gasteiger partial charge in [-0.3, -0.25) is 4.79 Å². The van der Waals surface area contributed by atoms with Crippen LogP contribution in [-0.2, 0) is 11.3 Å². The fourth-order valence-electron chi connectivity index (χ4n) is 2.97. The van der Waals surface area contributed by atoms with Gasteiger partial charge in [0.15, 0.2) is 0 Å². The van der Waals surface area contributed by atoms with E-state index in [1.807, 2.05) is 48.5 Å². The van der Waals surface area contributed by atoms with Crippen molar-refractivity contribution >= 4 is 17.6 Å². The summed E-state index contributed by atoms with van der Waals surface area (Å²) in [5.74, 6) is 0.167. The van der Waals surface area contributed by atoms with Crippen LogP contribution in [0.25, 0.3) is 23.1 Å². The van der Waals surface area contributed by atoms with Crippen molar-refractivity contribution in [3.63, 3.8) is 0 Å². The quantitative estimate of drug-likeness (QED) is 0.490. The molecule has 2 aromatic carbocycles. The lowest BCUT2D eigenvalue weighted by atomic mass is 10.0. The van der Waals surface area contributed by atoms with E-state index in [9.17, 15) is 4.79 Å². The highest BCUT2D eigenvalue weighted by atomic mass is 16.4. The van der Waals surface area contributed by atoms with Gasteiger partial charge in [0.25, 0.3) is 0 Å². The van der Waals surface area contributed by atoms with Gasteiger partial charge in [-0.05, 0) is 35.3 Å². The molecular formula is C23H25N3O3. The van der Waals surface area contributed by atoms with E-state index >= 15 is 0 Å². The van der Waals surface area contributed by atoms with Crippen LogP contribution in [0.1, 0.15) is 43.2 Å². The third kappa shape index (κ3) is 6.12. The number of nitrogens with one attached hydrogen (secondary N) is 1. The molecule has 1 heterocycles. The normalized spacial score (nSPS) is 11.6. The first-order valence-electron chi connectivity index (χ1n) is 9.77. The van der Waals surface area contributed by atoms with Gasteiger partial charge in [0.1, 0.15) is 0 Å². The molecule has 3 rings (SSSR count). The maximum absolute atomic E-state index is 10.5. The summed E-state index contributed by atoms with van der Waals surface area (Å²) in [6, 6.07) is 18.0. The van der Waals surface area contributed by atoms with Crippen LogP contribution in [0.15, 0.2) is 59.0 Å². The van der Waals surface area contributed by atoms with E-state index < -0.39 is 5.97 Å². The molecule has 0 aliphatic carbocycles. The topological polar surface area (TPSA) is 88.2 Å². The molecule has 2 N–H and O–H groups in total. The van der Waals surface area contributed by atoms with Gasteiger partial charge in [-0.25, -0.2) is 0 Å². The summed E-state index contributed by atoms with van der Waals surface area (Å²) in [5, 5.41) is 20.1. The molecule has 0 spiro atoms. The average Bonchev–Trinajstić information content (AvgIpc) is 3.20. The Morgan fingerprint density at radius 3 is 2.52 bits per heavy atom. The minimum atomic E-state index is -0.802. The number of carboxylic acid groups (broad SMARTS) is 1. The van der Waals surface area contributed by atoms with E-state index in [2.05, 4.69) is 34.6 Å². The van der Waals surface area contributed by atoms with Gasteiger partial charge in [-0.1, -0.05) is 55.8 Å². The Hall–Kier alpha value is -3.25. The summed E-state index contributed by atoms with van der Waals surface area (Å²) in [6.45, 7) is 3.20. The van der Waals surface area contributed by atoms with E-state index in [4.69, 9.17) is 9.52 Å². The lowest BCUT2D eigenvalue weighted by Crippen LogP contribution is -2.17. The zero-order valence-electron chi connectivity index (χ0n) is 16.5. The number of hydrogen-bond acceptors (Lipinski definition) is 5. The predicted molar refractivity (Wildman–Crippen MR) is 113 cm³/mol. The minimum absolute atomic E-state index is 0.110. The van der Waals surface area contributed by atoms with Crippen LogP contribution in [0.4, 0.5) is 0 Å². The molecule has 6 heteroatoms. The Labute approximate surface area is 170 Å². The monoisotopic (exact) mass is 391 g/mol. The van der Waals surface area contributed by atoms with Crippen LogP contribution in [-0.4, -0.2) is 27.8 Å². The van der Waals surface area contributed by atoms with Crippen LogP contribution in [0.5, 0.6) is 0 Å². The predicted octanol–water partition coefficient (Wildman–Crippen LogP) is 4.64. The summed E-state index contributed by atoms with van der Waals surface area (Å²) in [4.78, 5) is 10.5. The van der Waals surface area contributed by atoms with Crippen molar-refractivity contribution < 1.29 is 14.3 Å². The Bertz CT molecular complexity index is 947. The maximum atomic E-state index is 10.5. The molecule has 0 amide bonds. The molecular weight excluding hydrogens is 366 g/mol. The zero-order valence-corrected chi connectivity index (χ0v) is 16.5. The van der Waals surface area contributed by atoms with E-state index in [0.29, 0.717) is 24.9 Å². The molecule has 0 saturated heterocycles. The average molecular weight is 391 g/mol. The minimum Gasteiger partial charge on any atom is -0.481 e. The summed E-state index contributed by atoms with van der Waals surface area (Å²) in [6.07, 6.45) is 4.03. The first kappa shape index (κ1) is 20.5. The van der Waals surface area contributed by atoms with E-state index in [1.54, 1.807) is 0 Å². The summed E-state index contributed by atoms with van der Waals surface area (Å²) in [7, 11) is 0. The molecule has 0 aliphatic heterocycles. The van der Waals surface area contributed by atoms with Crippen LogP contribution < -0.4 is 5.32 Å². The number of nitrogens with zero attached hydrogens (tertiary/aromatic N) is 2. The molecule has 0 unspecified atom stereocenters. The molecule has 150 valence electrons. The largest absolute Gasteiger partial charge is 0.481 e. The van der Waals surface area contributed by atoms with Gasteiger partial charge < -0.3 is 14.8 Å². The van der Waals surface area contributed by atoms with Gasteiger partial charge in [0.2, 0.25) is 11.8 Å². The Morgan fingerprint density at radius 1 is 1.07 bits per heavy atom. The van der Waals surface area contributed by atoms with Gasteiger partial charge in [-0.15, -0.1) is 10.2 Å². The lowest BCUT2D eigenvalue weighted by Gasteiger charge is -2.05. The van der Waals surface area contributed by atoms with Gasteiger partial charge in [0.05, 0.1) is 6.42 Å². The summed E-state index contributed by atoms with van der Waals surface area (Å²) >= 11 is 0. The number of allylic oxidation sites excluding steroid dienone is 1. The van der Waals surface area contributed by atoms with Crippen molar-refractivity contribution in [2.75, 3.05) is 6.54 Å². The number of aromatic nitrogens is 2. The molecule has 0 saturated carbocycles. The molecule has 0 fully saturated rings. The van der Waals surface area contributed by atoms with Crippen molar-refractivity contribution in [1.82, 2.24) is 15.5 Å². The first-order chi connectivity index (χ1) is 14.2. The Balaban J connectivity index is 1.68. The third-order valence-corrected chi connectivity index (χ3v) is 4.45. The maximum Gasteiger partial charge on any atom is 0.304 e. The van der Waals surface area contributed by atoms with Crippen LogP contribution in [0.3, 0.4) is 0 Å². The molecule has 29 heavy (non-hydrogen) atoms. The molecule has 3 aromatic rings. The van der Waals surface area contributed by atoms with Crippen LogP contribution >= 0.6 is 0 Å². The van der Waals surface area contributed by atoms with Gasteiger partial charge in [-0.2, -0.15) is 0 Å². The third-order valence-electron chi connectivity index (χ3n) is 4.45. The number of carbonyl (C=O) groups is 1. The second-order valence-corrected chi connectivity index (χ2v) is 6.75. The standard InChI is InChI=1S/C23H25N3O3/c1-2-6-20(18-7-4-3-5-8-18)15-21-25-26-23(29-21)19-11-9-17(10-12-19)16-24-14-13-22(27)28/h3-5,7-12,15,24H,2,6,13-14,16H2,1H3,(H,27,28)/b20-15-. The van der Waals surface area contributed by atoms with Crippen LogP contribution in [0.2, 0.25) is 0 Å². The van der Waals surface area contributed by atoms with Crippen molar-refractivity contribution in [1.29, 1.82) is 0 Å². The highest BCUT2D eigenvalue weighted by Crippen LogP contribution is 2.24.